The first-order chi connectivity index (χ1) is 18.5. The number of fused-ring (bicyclic) bond motifs is 5. The molecule has 7 rings (SSSR count). The van der Waals surface area contributed by atoms with E-state index in [1.807, 2.05) is 6.07 Å². The Morgan fingerprint density at radius 3 is 1.61 bits per heavy atom. The van der Waals surface area contributed by atoms with Gasteiger partial charge in [-0.05, 0) is 84.3 Å². The summed E-state index contributed by atoms with van der Waals surface area (Å²) in [5, 5.41) is 14.6. The third-order valence-corrected chi connectivity index (χ3v) is 8.37. The van der Waals surface area contributed by atoms with Gasteiger partial charge >= 0.3 is 0 Å². The smallest absolute Gasteiger partial charge is 0.139 e. The molecule has 0 radical (unpaired) electrons. The highest BCUT2D eigenvalue weighted by Gasteiger charge is 2.36. The van der Waals surface area contributed by atoms with E-state index in [0.29, 0.717) is 5.56 Å². The zero-order chi connectivity index (χ0) is 26.0. The van der Waals surface area contributed by atoms with E-state index in [0.717, 1.165) is 0 Å². The minimum atomic E-state index is -0.180. The maximum atomic E-state index is 9.52. The van der Waals surface area contributed by atoms with E-state index >= 15 is 0 Å². The summed E-state index contributed by atoms with van der Waals surface area (Å²) in [6, 6.07) is 41.9. The maximum absolute atomic E-state index is 9.52. The Balaban J connectivity index is 1.53. The number of nitriles is 1. The molecule has 1 nitrogen and oxygen atoms in total. The van der Waals surface area contributed by atoms with Crippen molar-refractivity contribution in [1.82, 2.24) is 0 Å². The summed E-state index contributed by atoms with van der Waals surface area (Å²) in [5.74, 6) is 0. The van der Waals surface area contributed by atoms with Crippen LogP contribution < -0.4 is 5.46 Å². The molecule has 0 N–H and O–H groups in total. The minimum Gasteiger partial charge on any atom is -0.192 e. The second-order valence-electron chi connectivity index (χ2n) is 11.0. The van der Waals surface area contributed by atoms with Gasteiger partial charge in [0.15, 0.2) is 0 Å². The van der Waals surface area contributed by atoms with Crippen LogP contribution in [0.5, 0.6) is 0 Å². The van der Waals surface area contributed by atoms with Crippen LogP contribution in [0.3, 0.4) is 0 Å². The van der Waals surface area contributed by atoms with Gasteiger partial charge in [0.2, 0.25) is 0 Å². The standard InChI is InChI=1S/C36H26BN/c1-36(2)32-19-22(21-38)11-17-26(32)27-18-14-24(20-33(27)36)35-30-9-5-3-7-28(30)34(23-12-15-25(37)16-13-23)29-8-4-6-10-31(29)35/h3-20H,37H2,1-2H3. The molecular weight excluding hydrogens is 457 g/mol. The van der Waals surface area contributed by atoms with Crippen LogP contribution in [-0.4, -0.2) is 7.85 Å². The van der Waals surface area contributed by atoms with Gasteiger partial charge in [-0.15, -0.1) is 0 Å². The van der Waals surface area contributed by atoms with Gasteiger partial charge in [0, 0.05) is 5.41 Å². The summed E-state index contributed by atoms with van der Waals surface area (Å²) in [5.41, 5.74) is 11.9. The third-order valence-electron chi connectivity index (χ3n) is 8.37. The Bertz CT molecular complexity index is 1900. The van der Waals surface area contributed by atoms with E-state index in [-0.39, 0.29) is 5.41 Å². The first kappa shape index (κ1) is 22.6. The Morgan fingerprint density at radius 2 is 1.05 bits per heavy atom. The van der Waals surface area contributed by atoms with E-state index in [2.05, 4.69) is 131 Å². The molecule has 0 heterocycles. The monoisotopic (exact) mass is 483 g/mol. The Morgan fingerprint density at radius 1 is 0.579 bits per heavy atom. The Labute approximate surface area is 224 Å². The minimum absolute atomic E-state index is 0.180. The van der Waals surface area contributed by atoms with Gasteiger partial charge in [-0.1, -0.05) is 110 Å². The second-order valence-corrected chi connectivity index (χ2v) is 11.0. The van der Waals surface area contributed by atoms with Gasteiger partial charge in [0.1, 0.15) is 7.85 Å². The van der Waals surface area contributed by atoms with Gasteiger partial charge in [-0.25, -0.2) is 0 Å². The van der Waals surface area contributed by atoms with Crippen molar-refractivity contribution in [2.45, 2.75) is 19.3 Å². The molecule has 0 unspecified atom stereocenters. The average Bonchev–Trinajstić information content (AvgIpc) is 3.17. The molecule has 0 atom stereocenters. The molecule has 0 amide bonds. The van der Waals surface area contributed by atoms with Crippen LogP contribution in [0, 0.1) is 11.3 Å². The van der Waals surface area contributed by atoms with Crippen molar-refractivity contribution in [3.8, 4) is 39.4 Å². The molecule has 6 aromatic carbocycles. The summed E-state index contributed by atoms with van der Waals surface area (Å²) >= 11 is 0. The van der Waals surface area contributed by atoms with Crippen LogP contribution in [-0.2, 0) is 5.41 Å². The quantitative estimate of drug-likeness (QED) is 0.182. The molecule has 0 bridgehead atoms. The molecule has 1 aliphatic rings. The summed E-state index contributed by atoms with van der Waals surface area (Å²) in [4.78, 5) is 0. The molecule has 6 aromatic rings. The van der Waals surface area contributed by atoms with E-state index in [4.69, 9.17) is 0 Å². The fourth-order valence-electron chi connectivity index (χ4n) is 6.43. The van der Waals surface area contributed by atoms with Crippen molar-refractivity contribution in [1.29, 1.82) is 5.26 Å². The van der Waals surface area contributed by atoms with Gasteiger partial charge in [-0.2, -0.15) is 5.26 Å². The van der Waals surface area contributed by atoms with Crippen LogP contribution in [0.2, 0.25) is 0 Å². The predicted molar refractivity (Wildman–Crippen MR) is 163 cm³/mol. The highest BCUT2D eigenvalue weighted by atomic mass is 14.4. The number of hydrogen-bond donors (Lipinski definition) is 0. The number of nitrogens with zero attached hydrogens (tertiary/aromatic N) is 1. The molecule has 178 valence electrons. The Hall–Kier alpha value is -4.61. The van der Waals surface area contributed by atoms with Crippen LogP contribution in [0.25, 0.3) is 54.9 Å². The largest absolute Gasteiger partial charge is 0.192 e. The first-order valence-electron chi connectivity index (χ1n) is 13.2. The zero-order valence-electron chi connectivity index (χ0n) is 21.8. The highest BCUT2D eigenvalue weighted by Crippen LogP contribution is 2.51. The molecule has 0 aromatic heterocycles. The second kappa shape index (κ2) is 8.20. The van der Waals surface area contributed by atoms with E-state index in [1.54, 1.807) is 0 Å². The van der Waals surface area contributed by atoms with Crippen LogP contribution in [0.15, 0.2) is 109 Å². The highest BCUT2D eigenvalue weighted by molar-refractivity contribution is 6.32. The Kier molecular flexibility index (Phi) is 4.87. The molecule has 38 heavy (non-hydrogen) atoms. The lowest BCUT2D eigenvalue weighted by molar-refractivity contribution is 0.660. The molecule has 2 heteroatoms. The average molecular weight is 483 g/mol. The fourth-order valence-corrected chi connectivity index (χ4v) is 6.43. The van der Waals surface area contributed by atoms with Crippen molar-refractivity contribution in [3.05, 3.63) is 126 Å². The van der Waals surface area contributed by atoms with Gasteiger partial charge < -0.3 is 0 Å². The summed E-state index contributed by atoms with van der Waals surface area (Å²) < 4.78 is 0. The topological polar surface area (TPSA) is 23.8 Å². The summed E-state index contributed by atoms with van der Waals surface area (Å²) in [7, 11) is 2.14. The summed E-state index contributed by atoms with van der Waals surface area (Å²) in [6.45, 7) is 4.55. The van der Waals surface area contributed by atoms with Crippen molar-refractivity contribution in [2.75, 3.05) is 0 Å². The van der Waals surface area contributed by atoms with Crippen LogP contribution >= 0.6 is 0 Å². The van der Waals surface area contributed by atoms with Crippen molar-refractivity contribution in [2.24, 2.45) is 0 Å². The number of benzene rings is 6. The number of hydrogen-bond acceptors (Lipinski definition) is 1. The lowest BCUT2D eigenvalue weighted by Gasteiger charge is -2.23. The molecule has 0 spiro atoms. The summed E-state index contributed by atoms with van der Waals surface area (Å²) in [6.07, 6.45) is 0. The van der Waals surface area contributed by atoms with Crippen LogP contribution in [0.4, 0.5) is 0 Å². The lowest BCUT2D eigenvalue weighted by Crippen LogP contribution is -2.15. The molecule has 0 fully saturated rings. The van der Waals surface area contributed by atoms with Gasteiger partial charge in [-0.3, -0.25) is 0 Å². The molecule has 1 aliphatic carbocycles. The van der Waals surface area contributed by atoms with E-state index in [1.165, 1.54) is 71.5 Å². The molecular formula is C36H26BN. The lowest BCUT2D eigenvalue weighted by atomic mass is 9.80. The molecule has 0 aliphatic heterocycles. The van der Waals surface area contributed by atoms with Crippen molar-refractivity contribution < 1.29 is 0 Å². The fraction of sp³-hybridized carbons (Fsp3) is 0.0833. The molecule has 0 saturated carbocycles. The predicted octanol–water partition coefficient (Wildman–Crippen LogP) is 7.76. The van der Waals surface area contributed by atoms with Crippen LogP contribution in [0.1, 0.15) is 30.5 Å². The van der Waals surface area contributed by atoms with Gasteiger partial charge in [0.05, 0.1) is 11.6 Å². The normalized spacial score (nSPS) is 13.3. The molecule has 0 saturated heterocycles. The van der Waals surface area contributed by atoms with E-state index in [9.17, 15) is 5.26 Å². The third kappa shape index (κ3) is 3.19. The van der Waals surface area contributed by atoms with Gasteiger partial charge in [0.25, 0.3) is 0 Å². The zero-order valence-corrected chi connectivity index (χ0v) is 21.8. The SMILES string of the molecule is Bc1ccc(-c2c3ccccc3c(-c3ccc4c(c3)C(C)(C)c3cc(C#N)ccc3-4)c3ccccc23)cc1. The number of rotatable bonds is 2. The van der Waals surface area contributed by atoms with E-state index < -0.39 is 0 Å². The maximum Gasteiger partial charge on any atom is 0.139 e. The van der Waals surface area contributed by atoms with Crippen molar-refractivity contribution in [3.63, 3.8) is 0 Å². The van der Waals surface area contributed by atoms with Crippen molar-refractivity contribution >= 4 is 34.9 Å². The first-order valence-corrected chi connectivity index (χ1v) is 13.2.